The maximum atomic E-state index is 11.2. The van der Waals surface area contributed by atoms with E-state index >= 15 is 0 Å². The fourth-order valence-electron chi connectivity index (χ4n) is 1.94. The number of aliphatic hydroxyl groups is 1. The first kappa shape index (κ1) is 11.1. The summed E-state index contributed by atoms with van der Waals surface area (Å²) in [5, 5.41) is 9.82. The standard InChI is InChI=1S/C11H18O3/c1-8(11(13)14-2)10(12)9-6-4-3-5-7-9/h9,12H,3-7H2,1-2H3. The van der Waals surface area contributed by atoms with Gasteiger partial charge in [0.05, 0.1) is 12.7 Å². The molecule has 0 heterocycles. The lowest BCUT2D eigenvalue weighted by Gasteiger charge is -2.21. The third-order valence-electron chi connectivity index (χ3n) is 2.87. The zero-order valence-electron chi connectivity index (χ0n) is 8.88. The Morgan fingerprint density at radius 3 is 2.36 bits per heavy atom. The van der Waals surface area contributed by atoms with E-state index in [1.54, 1.807) is 6.92 Å². The molecule has 1 aliphatic carbocycles. The van der Waals surface area contributed by atoms with Crippen LogP contribution >= 0.6 is 0 Å². The van der Waals surface area contributed by atoms with Crippen LogP contribution in [0.1, 0.15) is 39.0 Å². The van der Waals surface area contributed by atoms with Gasteiger partial charge in [-0.1, -0.05) is 19.3 Å². The van der Waals surface area contributed by atoms with Gasteiger partial charge in [0.15, 0.2) is 0 Å². The molecule has 0 bridgehead atoms. The highest BCUT2D eigenvalue weighted by Gasteiger charge is 2.21. The maximum Gasteiger partial charge on any atom is 0.336 e. The van der Waals surface area contributed by atoms with Crippen LogP contribution in [0.5, 0.6) is 0 Å². The summed E-state index contributed by atoms with van der Waals surface area (Å²) in [4.78, 5) is 11.2. The Hall–Kier alpha value is -0.990. The summed E-state index contributed by atoms with van der Waals surface area (Å²) in [7, 11) is 1.33. The Bertz CT molecular complexity index is 237. The molecule has 0 aromatic carbocycles. The molecule has 1 saturated carbocycles. The minimum Gasteiger partial charge on any atom is -0.511 e. The van der Waals surface area contributed by atoms with Gasteiger partial charge in [-0.3, -0.25) is 0 Å². The van der Waals surface area contributed by atoms with Crippen LogP contribution < -0.4 is 0 Å². The topological polar surface area (TPSA) is 46.5 Å². The number of ether oxygens (including phenoxy) is 1. The fraction of sp³-hybridized carbons (Fsp3) is 0.727. The Balaban J connectivity index is 2.69. The summed E-state index contributed by atoms with van der Waals surface area (Å²) in [5.41, 5.74) is 0.361. The van der Waals surface area contributed by atoms with Crippen LogP contribution in [0.25, 0.3) is 0 Å². The zero-order valence-corrected chi connectivity index (χ0v) is 8.88. The highest BCUT2D eigenvalue weighted by Crippen LogP contribution is 2.29. The third-order valence-corrected chi connectivity index (χ3v) is 2.87. The molecule has 0 atom stereocenters. The van der Waals surface area contributed by atoms with Crippen LogP contribution in [0.15, 0.2) is 11.3 Å². The molecule has 0 saturated heterocycles. The second kappa shape index (κ2) is 5.03. The number of rotatable bonds is 2. The van der Waals surface area contributed by atoms with Crippen LogP contribution in [0.2, 0.25) is 0 Å². The lowest BCUT2D eigenvalue weighted by atomic mass is 9.86. The molecule has 3 nitrogen and oxygen atoms in total. The second-order valence-corrected chi connectivity index (χ2v) is 3.84. The van der Waals surface area contributed by atoms with Crippen molar-refractivity contribution in [1.82, 2.24) is 0 Å². The van der Waals surface area contributed by atoms with Crippen LogP contribution in [0.4, 0.5) is 0 Å². The molecule has 0 aromatic rings. The molecule has 80 valence electrons. The minimum absolute atomic E-state index is 0.169. The molecule has 0 amide bonds. The largest absolute Gasteiger partial charge is 0.511 e. The minimum atomic E-state index is -0.423. The first-order valence-electron chi connectivity index (χ1n) is 5.15. The molecule has 0 radical (unpaired) electrons. The number of esters is 1. The van der Waals surface area contributed by atoms with Crippen molar-refractivity contribution in [2.75, 3.05) is 7.11 Å². The van der Waals surface area contributed by atoms with E-state index in [1.807, 2.05) is 0 Å². The van der Waals surface area contributed by atoms with E-state index in [2.05, 4.69) is 4.74 Å². The normalized spacial score (nSPS) is 20.1. The highest BCUT2D eigenvalue weighted by molar-refractivity contribution is 5.88. The van der Waals surface area contributed by atoms with Gasteiger partial charge in [-0.15, -0.1) is 0 Å². The monoisotopic (exact) mass is 198 g/mol. The molecule has 1 fully saturated rings. The van der Waals surface area contributed by atoms with Crippen molar-refractivity contribution >= 4 is 5.97 Å². The van der Waals surface area contributed by atoms with Crippen molar-refractivity contribution < 1.29 is 14.6 Å². The molecule has 0 unspecified atom stereocenters. The average molecular weight is 198 g/mol. The van der Waals surface area contributed by atoms with Crippen molar-refractivity contribution in [3.05, 3.63) is 11.3 Å². The first-order chi connectivity index (χ1) is 6.66. The van der Waals surface area contributed by atoms with Crippen molar-refractivity contribution in [2.24, 2.45) is 5.92 Å². The highest BCUT2D eigenvalue weighted by atomic mass is 16.5. The number of carbonyl (C=O) groups excluding carboxylic acids is 1. The van der Waals surface area contributed by atoms with Gasteiger partial charge in [0.25, 0.3) is 0 Å². The molecule has 0 aliphatic heterocycles. The van der Waals surface area contributed by atoms with Crippen LogP contribution in [-0.4, -0.2) is 18.2 Å². The summed E-state index contributed by atoms with van der Waals surface area (Å²) in [5.74, 6) is -0.0209. The van der Waals surface area contributed by atoms with Crippen LogP contribution in [0, 0.1) is 5.92 Å². The van der Waals surface area contributed by atoms with Gasteiger partial charge < -0.3 is 9.84 Å². The van der Waals surface area contributed by atoms with Gasteiger partial charge in [-0.05, 0) is 19.8 Å². The fourth-order valence-corrected chi connectivity index (χ4v) is 1.94. The van der Waals surface area contributed by atoms with Gasteiger partial charge in [0.1, 0.15) is 5.76 Å². The van der Waals surface area contributed by atoms with Crippen LogP contribution in [-0.2, 0) is 9.53 Å². The molecule has 0 spiro atoms. The maximum absolute atomic E-state index is 11.2. The van der Waals surface area contributed by atoms with Crippen LogP contribution in [0.3, 0.4) is 0 Å². The van der Waals surface area contributed by atoms with Gasteiger partial charge in [-0.2, -0.15) is 0 Å². The number of aliphatic hydroxyl groups excluding tert-OH is 1. The summed E-state index contributed by atoms with van der Waals surface area (Å²) < 4.78 is 4.57. The Labute approximate surface area is 84.8 Å². The Kier molecular flexibility index (Phi) is 3.98. The quantitative estimate of drug-likeness (QED) is 0.421. The molecule has 3 heteroatoms. The van der Waals surface area contributed by atoms with E-state index in [9.17, 15) is 9.90 Å². The molecule has 1 N–H and O–H groups in total. The van der Waals surface area contributed by atoms with Crippen molar-refractivity contribution in [3.63, 3.8) is 0 Å². The summed E-state index contributed by atoms with van der Waals surface area (Å²) in [6.07, 6.45) is 5.49. The van der Waals surface area contributed by atoms with Crippen molar-refractivity contribution in [1.29, 1.82) is 0 Å². The van der Waals surface area contributed by atoms with Gasteiger partial charge in [0.2, 0.25) is 0 Å². The summed E-state index contributed by atoms with van der Waals surface area (Å²) in [6.45, 7) is 1.62. The lowest BCUT2D eigenvalue weighted by molar-refractivity contribution is -0.136. The van der Waals surface area contributed by atoms with E-state index in [-0.39, 0.29) is 11.7 Å². The molecular formula is C11H18O3. The van der Waals surface area contributed by atoms with E-state index in [1.165, 1.54) is 13.5 Å². The number of methoxy groups -OCH3 is 1. The molecular weight excluding hydrogens is 180 g/mol. The third kappa shape index (κ3) is 2.50. The number of allylic oxidation sites excluding steroid dienone is 1. The zero-order chi connectivity index (χ0) is 10.6. The Morgan fingerprint density at radius 1 is 1.29 bits per heavy atom. The lowest BCUT2D eigenvalue weighted by Crippen LogP contribution is -2.14. The molecule has 1 aliphatic rings. The van der Waals surface area contributed by atoms with E-state index in [0.29, 0.717) is 5.57 Å². The first-order valence-corrected chi connectivity index (χ1v) is 5.15. The van der Waals surface area contributed by atoms with Gasteiger partial charge in [0, 0.05) is 5.92 Å². The van der Waals surface area contributed by atoms with Gasteiger partial charge in [-0.25, -0.2) is 4.79 Å². The Morgan fingerprint density at radius 2 is 1.86 bits per heavy atom. The number of hydrogen-bond donors (Lipinski definition) is 1. The SMILES string of the molecule is COC(=O)C(C)=C(O)C1CCCCC1. The summed E-state index contributed by atoms with van der Waals surface area (Å²) >= 11 is 0. The van der Waals surface area contributed by atoms with Crippen molar-refractivity contribution in [3.8, 4) is 0 Å². The molecule has 1 rings (SSSR count). The van der Waals surface area contributed by atoms with Gasteiger partial charge >= 0.3 is 5.97 Å². The summed E-state index contributed by atoms with van der Waals surface area (Å²) in [6, 6.07) is 0. The van der Waals surface area contributed by atoms with E-state index in [0.717, 1.165) is 25.7 Å². The number of carbonyl (C=O) groups is 1. The molecule has 0 aromatic heterocycles. The smallest absolute Gasteiger partial charge is 0.336 e. The second-order valence-electron chi connectivity index (χ2n) is 3.84. The van der Waals surface area contributed by atoms with E-state index in [4.69, 9.17) is 0 Å². The average Bonchev–Trinajstić information content (AvgIpc) is 2.27. The predicted molar refractivity (Wildman–Crippen MR) is 53.9 cm³/mol. The number of hydrogen-bond acceptors (Lipinski definition) is 3. The van der Waals surface area contributed by atoms with Crippen molar-refractivity contribution in [2.45, 2.75) is 39.0 Å². The predicted octanol–water partition coefficient (Wildman–Crippen LogP) is 2.57. The van der Waals surface area contributed by atoms with E-state index < -0.39 is 5.97 Å². The molecule has 14 heavy (non-hydrogen) atoms.